The monoisotopic (exact) mass is 514 g/mol. The number of nitrogens with zero attached hydrogens (tertiary/aromatic N) is 5. The molecule has 1 aliphatic heterocycles. The molecule has 1 aliphatic rings. The van der Waals surface area contributed by atoms with Crippen LogP contribution in [0.2, 0.25) is 0 Å². The predicted molar refractivity (Wildman–Crippen MR) is 143 cm³/mol. The maximum atomic E-state index is 13.1. The van der Waals surface area contributed by atoms with Gasteiger partial charge in [0.05, 0.1) is 28.7 Å². The molecule has 4 N–H and O–H groups in total. The van der Waals surface area contributed by atoms with Gasteiger partial charge in [0.1, 0.15) is 0 Å². The molecule has 4 heterocycles. The van der Waals surface area contributed by atoms with Crippen LogP contribution in [0, 0.1) is 12.5 Å². The van der Waals surface area contributed by atoms with Gasteiger partial charge in [0.2, 0.25) is 11.6 Å². The van der Waals surface area contributed by atoms with Gasteiger partial charge in [-0.15, -0.1) is 11.3 Å². The van der Waals surface area contributed by atoms with E-state index in [1.165, 1.54) is 17.4 Å². The molecular weight excluding hydrogens is 488 g/mol. The molecule has 0 unspecified atom stereocenters. The number of carbonyl (C=O) groups is 2. The van der Waals surface area contributed by atoms with Crippen LogP contribution in [-0.2, 0) is 11.3 Å². The second kappa shape index (κ2) is 9.65. The number of likely N-dealkylation sites (tertiary alicyclic amines) is 1. The summed E-state index contributed by atoms with van der Waals surface area (Å²) >= 11 is 1.38. The number of H-pyrrole nitrogens is 1. The number of fused-ring (bicyclic) bond motifs is 1. The highest BCUT2D eigenvalue weighted by atomic mass is 32.1. The van der Waals surface area contributed by atoms with Crippen molar-refractivity contribution in [2.24, 2.45) is 11.7 Å². The number of nitrogens with one attached hydrogen (secondary N) is 2. The maximum Gasteiger partial charge on any atom is 0.268 e. The lowest BCUT2D eigenvalue weighted by Gasteiger charge is -2.40. The van der Waals surface area contributed by atoms with Crippen LogP contribution in [0.4, 0.5) is 5.95 Å². The summed E-state index contributed by atoms with van der Waals surface area (Å²) in [6.45, 7) is 12.5. The molecule has 5 rings (SSSR count). The molecule has 1 aromatic carbocycles. The van der Waals surface area contributed by atoms with Crippen LogP contribution in [0.5, 0.6) is 0 Å². The average Bonchev–Trinajstić information content (AvgIpc) is 3.58. The highest BCUT2D eigenvalue weighted by Crippen LogP contribution is 2.29. The molecule has 0 saturated carbocycles. The van der Waals surface area contributed by atoms with Crippen LogP contribution < -0.4 is 11.1 Å². The first-order chi connectivity index (χ1) is 17.7. The van der Waals surface area contributed by atoms with Gasteiger partial charge in [-0.3, -0.25) is 20.0 Å². The number of amides is 2. The van der Waals surface area contributed by atoms with E-state index in [0.717, 1.165) is 21.5 Å². The fourth-order valence-corrected chi connectivity index (χ4v) is 5.17. The Morgan fingerprint density at radius 1 is 1.30 bits per heavy atom. The van der Waals surface area contributed by atoms with E-state index < -0.39 is 5.54 Å². The molecule has 0 aliphatic carbocycles. The standard InChI is InChI=1S/C26H26N8O2S/c1-26(2,27)10-19(28-3)24(36)33-13-16(14-33)15-34-20-7-5-4-6-18(20)31-25(34)32-23(35)22-9-8-21(37-22)17-11-29-30-12-17/h4-12,16H,13-15,27H2,1-2H3,(H,29,30)(H,31,32,35)/b19-10-. The van der Waals surface area contributed by atoms with Crippen molar-refractivity contribution >= 4 is 40.1 Å². The van der Waals surface area contributed by atoms with Crippen molar-refractivity contribution in [3.05, 3.63) is 76.9 Å². The molecule has 3 aromatic heterocycles. The van der Waals surface area contributed by atoms with E-state index in [1.807, 2.05) is 34.9 Å². The normalized spacial score (nSPS) is 14.4. The molecule has 0 radical (unpaired) electrons. The summed E-state index contributed by atoms with van der Waals surface area (Å²) < 4.78 is 1.99. The predicted octanol–water partition coefficient (Wildman–Crippen LogP) is 3.74. The van der Waals surface area contributed by atoms with E-state index in [1.54, 1.807) is 37.2 Å². The first-order valence-electron chi connectivity index (χ1n) is 11.8. The molecule has 4 aromatic rings. The molecule has 1 fully saturated rings. The molecule has 10 nitrogen and oxygen atoms in total. The average molecular weight is 515 g/mol. The number of aromatic amines is 1. The van der Waals surface area contributed by atoms with Crippen molar-refractivity contribution in [1.29, 1.82) is 0 Å². The van der Waals surface area contributed by atoms with E-state index in [-0.39, 0.29) is 23.4 Å². The van der Waals surface area contributed by atoms with Crippen LogP contribution in [0.25, 0.3) is 26.3 Å². The Labute approximate surface area is 217 Å². The van der Waals surface area contributed by atoms with Crippen molar-refractivity contribution in [2.75, 3.05) is 18.4 Å². The zero-order valence-electron chi connectivity index (χ0n) is 20.4. The number of benzene rings is 1. The van der Waals surface area contributed by atoms with Crippen LogP contribution in [-0.4, -0.2) is 55.1 Å². The number of imidazole rings is 1. The van der Waals surface area contributed by atoms with Gasteiger partial charge in [-0.1, -0.05) is 18.2 Å². The quantitative estimate of drug-likeness (QED) is 0.256. The van der Waals surface area contributed by atoms with Gasteiger partial charge >= 0.3 is 0 Å². The fraction of sp³-hybridized carbons (Fsp3) is 0.269. The first kappa shape index (κ1) is 24.4. The Balaban J connectivity index is 1.31. The molecule has 0 bridgehead atoms. The summed E-state index contributed by atoms with van der Waals surface area (Å²) in [5.41, 5.74) is 7.86. The number of aromatic nitrogens is 4. The minimum Gasteiger partial charge on any atom is -0.347 e. The van der Waals surface area contributed by atoms with Crippen molar-refractivity contribution in [3.63, 3.8) is 0 Å². The van der Waals surface area contributed by atoms with Gasteiger partial charge in [-0.05, 0) is 38.1 Å². The zero-order chi connectivity index (χ0) is 26.2. The zero-order valence-corrected chi connectivity index (χ0v) is 21.2. The third kappa shape index (κ3) is 5.16. The molecular formula is C26H26N8O2S. The molecule has 2 amide bonds. The van der Waals surface area contributed by atoms with Gasteiger partial charge in [0.25, 0.3) is 11.8 Å². The largest absolute Gasteiger partial charge is 0.347 e. The Kier molecular flexibility index (Phi) is 6.37. The Morgan fingerprint density at radius 3 is 2.78 bits per heavy atom. The number of hydrogen-bond acceptors (Lipinski definition) is 6. The maximum absolute atomic E-state index is 13.1. The number of carbonyl (C=O) groups excluding carboxylic acids is 2. The highest BCUT2D eigenvalue weighted by Gasteiger charge is 2.34. The summed E-state index contributed by atoms with van der Waals surface area (Å²) in [6, 6.07) is 11.4. The van der Waals surface area contributed by atoms with Gasteiger partial charge in [0.15, 0.2) is 0 Å². The van der Waals surface area contributed by atoms with Gasteiger partial charge in [-0.25, -0.2) is 9.83 Å². The Bertz CT molecular complexity index is 1530. The first-order valence-corrected chi connectivity index (χ1v) is 12.6. The molecule has 0 spiro atoms. The molecule has 188 valence electrons. The number of rotatable bonds is 7. The third-order valence-electron chi connectivity index (χ3n) is 6.03. The van der Waals surface area contributed by atoms with Crippen molar-refractivity contribution in [1.82, 2.24) is 24.6 Å². The highest BCUT2D eigenvalue weighted by molar-refractivity contribution is 7.17. The van der Waals surface area contributed by atoms with Crippen LogP contribution in [0.15, 0.2) is 60.6 Å². The Hall–Kier alpha value is -4.27. The number of nitrogens with two attached hydrogens (primary N) is 1. The van der Waals surface area contributed by atoms with Gasteiger partial charge < -0.3 is 15.2 Å². The lowest BCUT2D eigenvalue weighted by atomic mass is 9.98. The smallest absolute Gasteiger partial charge is 0.268 e. The number of thiophene rings is 1. The summed E-state index contributed by atoms with van der Waals surface area (Å²) in [5.74, 6) is 0.0724. The SMILES string of the molecule is [C-]#[N+]/C(=C\C(C)(C)N)C(=O)N1CC(Cn2c(NC(=O)c3ccc(-c4cn[nH]c4)s3)nc3ccccc32)C1. The van der Waals surface area contributed by atoms with E-state index in [0.29, 0.717) is 30.5 Å². The molecule has 37 heavy (non-hydrogen) atoms. The van der Waals surface area contributed by atoms with Crippen molar-refractivity contribution in [3.8, 4) is 10.4 Å². The summed E-state index contributed by atoms with van der Waals surface area (Å²) in [6.07, 6.45) is 5.01. The lowest BCUT2D eigenvalue weighted by molar-refractivity contribution is -0.133. The Morgan fingerprint density at radius 2 is 2.08 bits per heavy atom. The van der Waals surface area contributed by atoms with Crippen LogP contribution >= 0.6 is 11.3 Å². The number of para-hydroxylation sites is 2. The minimum atomic E-state index is -0.746. The van der Waals surface area contributed by atoms with E-state index in [4.69, 9.17) is 12.3 Å². The van der Waals surface area contributed by atoms with Crippen molar-refractivity contribution in [2.45, 2.75) is 25.9 Å². The van der Waals surface area contributed by atoms with Crippen LogP contribution in [0.3, 0.4) is 0 Å². The summed E-state index contributed by atoms with van der Waals surface area (Å²) in [4.78, 5) is 37.0. The van der Waals surface area contributed by atoms with Gasteiger partial charge in [0, 0.05) is 47.7 Å². The topological polar surface area (TPSA) is 126 Å². The van der Waals surface area contributed by atoms with Gasteiger partial charge in [-0.2, -0.15) is 5.10 Å². The van der Waals surface area contributed by atoms with E-state index >= 15 is 0 Å². The van der Waals surface area contributed by atoms with Crippen LogP contribution in [0.1, 0.15) is 23.5 Å². The molecule has 11 heteroatoms. The molecule has 0 atom stereocenters. The third-order valence-corrected chi connectivity index (χ3v) is 7.16. The summed E-state index contributed by atoms with van der Waals surface area (Å²) in [7, 11) is 0. The second-order valence-corrected chi connectivity index (χ2v) is 10.8. The lowest BCUT2D eigenvalue weighted by Crippen LogP contribution is -2.52. The number of anilines is 1. The fourth-order valence-electron chi connectivity index (χ4n) is 4.29. The molecule has 1 saturated heterocycles. The van der Waals surface area contributed by atoms with Crippen molar-refractivity contribution < 1.29 is 9.59 Å². The minimum absolute atomic E-state index is 0.0396. The number of hydrogen-bond donors (Lipinski definition) is 3. The van der Waals surface area contributed by atoms with E-state index in [2.05, 4.69) is 25.3 Å². The summed E-state index contributed by atoms with van der Waals surface area (Å²) in [5, 5.41) is 9.72. The van der Waals surface area contributed by atoms with E-state index in [9.17, 15) is 9.59 Å². The second-order valence-electron chi connectivity index (χ2n) is 9.68.